The predicted octanol–water partition coefficient (Wildman–Crippen LogP) is 2.30. The van der Waals surface area contributed by atoms with Gasteiger partial charge in [-0.3, -0.25) is 4.79 Å². The minimum Gasteiger partial charge on any atom is -0.338 e. The normalized spacial score (nSPS) is 25.3. The highest BCUT2D eigenvalue weighted by Gasteiger charge is 2.33. The fourth-order valence-corrected chi connectivity index (χ4v) is 2.45. The van der Waals surface area contributed by atoms with Crippen LogP contribution in [0.1, 0.15) is 39.0 Å². The van der Waals surface area contributed by atoms with E-state index >= 15 is 0 Å². The molecule has 0 aliphatic carbocycles. The fourth-order valence-electron chi connectivity index (χ4n) is 2.45. The SMILES string of the molecule is CCC1CCN(C(=O)CCC(F)(F)F)C(CN)C1. The highest BCUT2D eigenvalue weighted by molar-refractivity contribution is 5.76. The molecule has 3 nitrogen and oxygen atoms in total. The summed E-state index contributed by atoms with van der Waals surface area (Å²) in [5.41, 5.74) is 5.61. The molecule has 0 spiro atoms. The Balaban J connectivity index is 2.51. The van der Waals surface area contributed by atoms with E-state index in [2.05, 4.69) is 6.92 Å². The minimum absolute atomic E-state index is 0.0931. The lowest BCUT2D eigenvalue weighted by Gasteiger charge is -2.39. The van der Waals surface area contributed by atoms with Crippen molar-refractivity contribution in [2.24, 2.45) is 11.7 Å². The number of carbonyl (C=O) groups is 1. The Bertz CT molecular complexity index is 281. The van der Waals surface area contributed by atoms with Crippen LogP contribution in [0.5, 0.6) is 0 Å². The summed E-state index contributed by atoms with van der Waals surface area (Å²) in [6, 6.07) is -0.0931. The highest BCUT2D eigenvalue weighted by atomic mass is 19.4. The number of nitrogens with two attached hydrogens (primary N) is 1. The number of hydrogen-bond acceptors (Lipinski definition) is 2. The van der Waals surface area contributed by atoms with Crippen molar-refractivity contribution in [1.82, 2.24) is 4.90 Å². The van der Waals surface area contributed by atoms with Crippen molar-refractivity contribution in [3.63, 3.8) is 0 Å². The van der Waals surface area contributed by atoms with Crippen molar-refractivity contribution in [3.05, 3.63) is 0 Å². The van der Waals surface area contributed by atoms with Crippen LogP contribution in [0.25, 0.3) is 0 Å². The van der Waals surface area contributed by atoms with Gasteiger partial charge in [-0.25, -0.2) is 0 Å². The van der Waals surface area contributed by atoms with Gasteiger partial charge in [-0.1, -0.05) is 13.3 Å². The van der Waals surface area contributed by atoms with Crippen molar-refractivity contribution >= 4 is 5.91 Å². The summed E-state index contributed by atoms with van der Waals surface area (Å²) >= 11 is 0. The van der Waals surface area contributed by atoms with Crippen molar-refractivity contribution < 1.29 is 18.0 Å². The third-order valence-electron chi connectivity index (χ3n) is 3.62. The zero-order valence-corrected chi connectivity index (χ0v) is 10.7. The zero-order valence-electron chi connectivity index (χ0n) is 10.7. The maximum absolute atomic E-state index is 12.1. The smallest absolute Gasteiger partial charge is 0.338 e. The molecular weight excluding hydrogens is 245 g/mol. The number of rotatable bonds is 4. The number of likely N-dealkylation sites (tertiary alicyclic amines) is 1. The van der Waals surface area contributed by atoms with E-state index in [1.54, 1.807) is 0 Å². The molecule has 0 radical (unpaired) electrons. The lowest BCUT2D eigenvalue weighted by molar-refractivity contribution is -0.151. The van der Waals surface area contributed by atoms with Gasteiger partial charge in [-0.15, -0.1) is 0 Å². The number of piperidine rings is 1. The summed E-state index contributed by atoms with van der Waals surface area (Å²) in [4.78, 5) is 13.3. The second-order valence-electron chi connectivity index (χ2n) is 4.89. The first-order valence-electron chi connectivity index (χ1n) is 6.43. The van der Waals surface area contributed by atoms with Crippen molar-refractivity contribution in [2.45, 2.75) is 51.2 Å². The van der Waals surface area contributed by atoms with Crippen LogP contribution in [-0.4, -0.2) is 36.1 Å². The molecule has 1 saturated heterocycles. The molecule has 0 saturated carbocycles. The van der Waals surface area contributed by atoms with E-state index in [9.17, 15) is 18.0 Å². The first kappa shape index (κ1) is 15.3. The van der Waals surface area contributed by atoms with Gasteiger partial charge >= 0.3 is 6.18 Å². The van der Waals surface area contributed by atoms with E-state index in [0.717, 1.165) is 19.3 Å². The zero-order chi connectivity index (χ0) is 13.8. The fraction of sp³-hybridized carbons (Fsp3) is 0.917. The molecule has 1 fully saturated rings. The third-order valence-corrected chi connectivity index (χ3v) is 3.62. The van der Waals surface area contributed by atoms with Crippen molar-refractivity contribution in [2.75, 3.05) is 13.1 Å². The molecule has 1 aliphatic heterocycles. The molecule has 0 aromatic carbocycles. The van der Waals surface area contributed by atoms with Gasteiger partial charge in [0.1, 0.15) is 0 Å². The number of hydrogen-bond donors (Lipinski definition) is 1. The van der Waals surface area contributed by atoms with Crippen LogP contribution in [-0.2, 0) is 4.79 Å². The van der Waals surface area contributed by atoms with Crippen molar-refractivity contribution in [3.8, 4) is 0 Å². The summed E-state index contributed by atoms with van der Waals surface area (Å²) in [5, 5.41) is 0. The van der Waals surface area contributed by atoms with E-state index < -0.39 is 24.9 Å². The number of amides is 1. The van der Waals surface area contributed by atoms with Crippen LogP contribution in [0.15, 0.2) is 0 Å². The van der Waals surface area contributed by atoms with Gasteiger partial charge in [0.15, 0.2) is 0 Å². The molecule has 18 heavy (non-hydrogen) atoms. The van der Waals surface area contributed by atoms with Gasteiger partial charge in [0, 0.05) is 25.6 Å². The average molecular weight is 266 g/mol. The van der Waals surface area contributed by atoms with Gasteiger partial charge in [0.2, 0.25) is 5.91 Å². The van der Waals surface area contributed by atoms with E-state index in [0.29, 0.717) is 19.0 Å². The Hall–Kier alpha value is -0.780. The van der Waals surface area contributed by atoms with Gasteiger partial charge in [-0.2, -0.15) is 13.2 Å². The Morgan fingerprint density at radius 3 is 2.61 bits per heavy atom. The van der Waals surface area contributed by atoms with E-state index in [4.69, 9.17) is 5.73 Å². The second kappa shape index (κ2) is 6.41. The second-order valence-corrected chi connectivity index (χ2v) is 4.89. The summed E-state index contributed by atoms with van der Waals surface area (Å²) in [5.74, 6) is 0.113. The standard InChI is InChI=1S/C12H21F3N2O/c1-2-9-4-6-17(10(7-9)8-16)11(18)3-5-12(13,14)15/h9-10H,2-8,16H2,1H3. The number of nitrogens with zero attached hydrogens (tertiary/aromatic N) is 1. The van der Waals surface area contributed by atoms with Crippen LogP contribution < -0.4 is 5.73 Å². The monoisotopic (exact) mass is 266 g/mol. The minimum atomic E-state index is -4.27. The van der Waals surface area contributed by atoms with Gasteiger partial charge in [-0.05, 0) is 18.8 Å². The average Bonchev–Trinajstić information content (AvgIpc) is 2.34. The quantitative estimate of drug-likeness (QED) is 0.848. The lowest BCUT2D eigenvalue weighted by Crippen LogP contribution is -2.49. The molecule has 2 N–H and O–H groups in total. The van der Waals surface area contributed by atoms with E-state index in [1.807, 2.05) is 0 Å². The van der Waals surface area contributed by atoms with Crippen LogP contribution in [0.2, 0.25) is 0 Å². The largest absolute Gasteiger partial charge is 0.389 e. The highest BCUT2D eigenvalue weighted by Crippen LogP contribution is 2.27. The van der Waals surface area contributed by atoms with Crippen LogP contribution in [0.4, 0.5) is 13.2 Å². The van der Waals surface area contributed by atoms with E-state index in [1.165, 1.54) is 4.90 Å². The molecular formula is C12H21F3N2O. The maximum atomic E-state index is 12.1. The molecule has 0 aromatic rings. The predicted molar refractivity (Wildman–Crippen MR) is 62.9 cm³/mol. The summed E-state index contributed by atoms with van der Waals surface area (Å²) in [6.07, 6.45) is -3.07. The number of carbonyl (C=O) groups excluding carboxylic acids is 1. The summed E-state index contributed by atoms with van der Waals surface area (Å²) in [6.45, 7) is 2.95. The molecule has 0 bridgehead atoms. The maximum Gasteiger partial charge on any atom is 0.389 e. The molecule has 1 amide bonds. The van der Waals surface area contributed by atoms with Crippen LogP contribution >= 0.6 is 0 Å². The lowest BCUT2D eigenvalue weighted by atomic mass is 9.88. The number of alkyl halides is 3. The molecule has 0 aromatic heterocycles. The molecule has 2 unspecified atom stereocenters. The Morgan fingerprint density at radius 2 is 2.11 bits per heavy atom. The molecule has 6 heteroatoms. The topological polar surface area (TPSA) is 46.3 Å². The van der Waals surface area contributed by atoms with Gasteiger partial charge in [0.05, 0.1) is 6.42 Å². The van der Waals surface area contributed by atoms with Crippen LogP contribution in [0.3, 0.4) is 0 Å². The molecule has 1 heterocycles. The Kier molecular flexibility index (Phi) is 5.44. The molecule has 2 atom stereocenters. The molecule has 106 valence electrons. The third kappa shape index (κ3) is 4.48. The van der Waals surface area contributed by atoms with Crippen molar-refractivity contribution in [1.29, 1.82) is 0 Å². The van der Waals surface area contributed by atoms with E-state index in [-0.39, 0.29) is 6.04 Å². The van der Waals surface area contributed by atoms with Gasteiger partial charge in [0.25, 0.3) is 0 Å². The number of halogens is 3. The first-order valence-corrected chi connectivity index (χ1v) is 6.43. The first-order chi connectivity index (χ1) is 8.37. The molecule has 1 aliphatic rings. The summed E-state index contributed by atoms with van der Waals surface area (Å²) in [7, 11) is 0. The Labute approximate surface area is 106 Å². The summed E-state index contributed by atoms with van der Waals surface area (Å²) < 4.78 is 36.3. The van der Waals surface area contributed by atoms with Gasteiger partial charge < -0.3 is 10.6 Å². The Morgan fingerprint density at radius 1 is 1.44 bits per heavy atom. The molecule has 1 rings (SSSR count). The van der Waals surface area contributed by atoms with Crippen LogP contribution in [0, 0.1) is 5.92 Å².